The molecule has 0 unspecified atom stereocenters. The van der Waals surface area contributed by atoms with Crippen molar-refractivity contribution in [3.05, 3.63) is 29.3 Å². The summed E-state index contributed by atoms with van der Waals surface area (Å²) in [5.41, 5.74) is 2.92. The van der Waals surface area contributed by atoms with Crippen molar-refractivity contribution in [3.8, 4) is 5.75 Å². The summed E-state index contributed by atoms with van der Waals surface area (Å²) in [6.45, 7) is 6.36. The maximum absolute atomic E-state index is 13.2. The Labute approximate surface area is 157 Å². The predicted molar refractivity (Wildman–Crippen MR) is 105 cm³/mol. The number of ether oxygens (including phenoxy) is 1. The number of Topliss-reactive ketones (excluding diaryl/α,β-unsaturated/α-hetero) is 1. The van der Waals surface area contributed by atoms with Gasteiger partial charge in [-0.05, 0) is 86.1 Å². The minimum absolute atomic E-state index is 0.0797. The lowest BCUT2D eigenvalue weighted by Gasteiger charge is -2.48. The Morgan fingerprint density at radius 1 is 1.31 bits per heavy atom. The highest BCUT2D eigenvalue weighted by Crippen LogP contribution is 2.60. The number of ketones is 1. The van der Waals surface area contributed by atoms with Crippen LogP contribution in [0, 0.1) is 23.2 Å². The Hall–Kier alpha value is -1.35. The molecule has 5 atom stereocenters. The Kier molecular flexibility index (Phi) is 4.85. The van der Waals surface area contributed by atoms with Crippen molar-refractivity contribution < 1.29 is 9.53 Å². The first kappa shape index (κ1) is 18.0. The molecular weight excluding hydrogens is 322 g/mol. The molecule has 3 nitrogen and oxygen atoms in total. The number of hydrogen-bond acceptors (Lipinski definition) is 3. The second kappa shape index (κ2) is 6.99. The van der Waals surface area contributed by atoms with E-state index < -0.39 is 0 Å². The van der Waals surface area contributed by atoms with E-state index in [0.717, 1.165) is 50.9 Å². The number of carbonyl (C=O) groups excluding carboxylic acids is 1. The number of carbonyl (C=O) groups is 1. The zero-order valence-corrected chi connectivity index (χ0v) is 16.5. The van der Waals surface area contributed by atoms with Crippen LogP contribution in [0.5, 0.6) is 5.75 Å². The minimum atomic E-state index is -0.0797. The maximum atomic E-state index is 13.2. The third kappa shape index (κ3) is 2.79. The Bertz CT molecular complexity index is 685. The van der Waals surface area contributed by atoms with Gasteiger partial charge in [-0.3, -0.25) is 4.79 Å². The van der Waals surface area contributed by atoms with Crippen molar-refractivity contribution in [1.29, 1.82) is 0 Å². The molecule has 0 bridgehead atoms. The molecule has 1 aromatic rings. The molecule has 2 saturated carbocycles. The molecule has 0 aliphatic heterocycles. The molecule has 0 amide bonds. The zero-order valence-electron chi connectivity index (χ0n) is 16.5. The Morgan fingerprint density at radius 2 is 2.15 bits per heavy atom. The average molecular weight is 356 g/mol. The number of aryl methyl sites for hydroxylation is 1. The molecule has 0 radical (unpaired) electrons. The average Bonchev–Trinajstić information content (AvgIpc) is 2.92. The van der Waals surface area contributed by atoms with Crippen LogP contribution < -0.4 is 10.1 Å². The van der Waals surface area contributed by atoms with Crippen molar-refractivity contribution in [2.45, 2.75) is 58.3 Å². The summed E-state index contributed by atoms with van der Waals surface area (Å²) >= 11 is 0. The van der Waals surface area contributed by atoms with Crippen LogP contribution in [0.25, 0.3) is 0 Å². The molecular formula is C23H33NO2. The lowest BCUT2D eigenvalue weighted by Crippen LogP contribution is -2.43. The van der Waals surface area contributed by atoms with Crippen LogP contribution in [0.1, 0.15) is 63.0 Å². The maximum Gasteiger partial charge on any atom is 0.143 e. The number of rotatable bonds is 5. The fourth-order valence-electron chi connectivity index (χ4n) is 6.26. The fraction of sp³-hybridized carbons (Fsp3) is 0.696. The van der Waals surface area contributed by atoms with Gasteiger partial charge < -0.3 is 10.1 Å². The van der Waals surface area contributed by atoms with E-state index in [1.54, 1.807) is 7.11 Å². The number of nitrogens with one attached hydrogen (secondary N) is 1. The molecule has 4 rings (SSSR count). The van der Waals surface area contributed by atoms with Gasteiger partial charge in [-0.25, -0.2) is 0 Å². The van der Waals surface area contributed by atoms with Crippen LogP contribution in [0.2, 0.25) is 0 Å². The molecule has 0 saturated heterocycles. The van der Waals surface area contributed by atoms with Crippen LogP contribution in [0.3, 0.4) is 0 Å². The van der Waals surface area contributed by atoms with Crippen LogP contribution in [-0.4, -0.2) is 26.0 Å². The lowest BCUT2D eigenvalue weighted by atomic mass is 9.55. The van der Waals surface area contributed by atoms with Gasteiger partial charge >= 0.3 is 0 Å². The summed E-state index contributed by atoms with van der Waals surface area (Å²) in [5.74, 6) is 3.63. The van der Waals surface area contributed by atoms with Gasteiger partial charge in [-0.1, -0.05) is 19.9 Å². The van der Waals surface area contributed by atoms with Crippen molar-refractivity contribution in [2.75, 3.05) is 20.2 Å². The summed E-state index contributed by atoms with van der Waals surface area (Å²) < 4.78 is 5.42. The first-order valence-electron chi connectivity index (χ1n) is 10.5. The fourth-order valence-corrected chi connectivity index (χ4v) is 6.26. The molecule has 142 valence electrons. The van der Waals surface area contributed by atoms with Gasteiger partial charge in [0.1, 0.15) is 11.5 Å². The van der Waals surface area contributed by atoms with E-state index in [-0.39, 0.29) is 11.3 Å². The molecule has 26 heavy (non-hydrogen) atoms. The third-order valence-corrected chi connectivity index (χ3v) is 7.61. The lowest BCUT2D eigenvalue weighted by molar-refractivity contribution is -0.131. The molecule has 3 aliphatic carbocycles. The third-order valence-electron chi connectivity index (χ3n) is 7.61. The summed E-state index contributed by atoms with van der Waals surface area (Å²) in [7, 11) is 1.75. The molecule has 1 aromatic carbocycles. The molecule has 0 aromatic heterocycles. The highest BCUT2D eigenvalue weighted by atomic mass is 16.5. The van der Waals surface area contributed by atoms with E-state index in [0.29, 0.717) is 23.5 Å². The smallest absolute Gasteiger partial charge is 0.143 e. The zero-order chi connectivity index (χ0) is 18.3. The van der Waals surface area contributed by atoms with Crippen molar-refractivity contribution in [1.82, 2.24) is 5.32 Å². The quantitative estimate of drug-likeness (QED) is 0.798. The van der Waals surface area contributed by atoms with Gasteiger partial charge in [0.25, 0.3) is 0 Å². The molecule has 0 spiro atoms. The van der Waals surface area contributed by atoms with E-state index in [9.17, 15) is 4.79 Å². The van der Waals surface area contributed by atoms with Crippen LogP contribution in [-0.2, 0) is 11.2 Å². The molecule has 1 N–H and O–H groups in total. The van der Waals surface area contributed by atoms with Crippen molar-refractivity contribution in [3.63, 3.8) is 0 Å². The second-order valence-electron chi connectivity index (χ2n) is 8.94. The van der Waals surface area contributed by atoms with E-state index in [1.165, 1.54) is 17.5 Å². The van der Waals surface area contributed by atoms with Crippen LogP contribution >= 0.6 is 0 Å². The van der Waals surface area contributed by atoms with Crippen molar-refractivity contribution >= 4 is 5.78 Å². The number of methoxy groups -OCH3 is 1. The predicted octanol–water partition coefficient (Wildman–Crippen LogP) is 4.35. The molecule has 3 heteroatoms. The van der Waals surface area contributed by atoms with Gasteiger partial charge in [0.15, 0.2) is 0 Å². The minimum Gasteiger partial charge on any atom is -0.497 e. The van der Waals surface area contributed by atoms with E-state index in [1.807, 2.05) is 0 Å². The number of fused-ring (bicyclic) bond motifs is 5. The Balaban J connectivity index is 1.57. The Morgan fingerprint density at radius 3 is 2.92 bits per heavy atom. The van der Waals surface area contributed by atoms with E-state index >= 15 is 0 Å². The first-order chi connectivity index (χ1) is 12.6. The summed E-state index contributed by atoms with van der Waals surface area (Å²) in [6, 6.07) is 6.65. The SMILES string of the molecule is CCCNC[C@H]1C[C@H]2[C@@H]3CCc4cc(OC)ccc4[C@H]3CC[C@]2(C)C1=O. The summed E-state index contributed by atoms with van der Waals surface area (Å²) in [4.78, 5) is 13.2. The topological polar surface area (TPSA) is 38.3 Å². The molecule has 3 aliphatic rings. The van der Waals surface area contributed by atoms with Gasteiger partial charge in [-0.15, -0.1) is 0 Å². The second-order valence-corrected chi connectivity index (χ2v) is 8.94. The van der Waals surface area contributed by atoms with Gasteiger partial charge in [0.05, 0.1) is 7.11 Å². The summed E-state index contributed by atoms with van der Waals surface area (Å²) in [6.07, 6.45) is 6.82. The van der Waals surface area contributed by atoms with Crippen LogP contribution in [0.4, 0.5) is 0 Å². The first-order valence-corrected chi connectivity index (χ1v) is 10.5. The number of hydrogen-bond donors (Lipinski definition) is 1. The highest BCUT2D eigenvalue weighted by molar-refractivity contribution is 5.89. The van der Waals surface area contributed by atoms with E-state index in [2.05, 4.69) is 37.4 Å². The number of benzene rings is 1. The molecule has 0 heterocycles. The summed E-state index contributed by atoms with van der Waals surface area (Å²) in [5, 5.41) is 3.50. The standard InChI is InChI=1S/C23H33NO2/c1-4-11-24-14-16-13-21-20-7-5-15-12-17(26-3)6-8-18(15)19(20)9-10-23(21,2)22(16)25/h6,8,12,16,19-21,24H,4-5,7,9-11,13-14H2,1-3H3/t16-,19-,20-,21+,23+/m1/s1. The normalized spacial score (nSPS) is 35.6. The van der Waals surface area contributed by atoms with Gasteiger partial charge in [0.2, 0.25) is 0 Å². The monoisotopic (exact) mass is 355 g/mol. The molecule has 2 fully saturated rings. The highest BCUT2D eigenvalue weighted by Gasteiger charge is 2.57. The van der Waals surface area contributed by atoms with Crippen LogP contribution in [0.15, 0.2) is 18.2 Å². The van der Waals surface area contributed by atoms with Gasteiger partial charge in [0, 0.05) is 17.9 Å². The van der Waals surface area contributed by atoms with Crippen molar-refractivity contribution in [2.24, 2.45) is 23.2 Å². The largest absolute Gasteiger partial charge is 0.497 e. The van der Waals surface area contributed by atoms with Gasteiger partial charge in [-0.2, -0.15) is 0 Å². The van der Waals surface area contributed by atoms with E-state index in [4.69, 9.17) is 4.74 Å².